The fraction of sp³-hybridized carbons (Fsp3) is 0.700. The van der Waals surface area contributed by atoms with Crippen LogP contribution in [0.15, 0.2) is 12.7 Å². The minimum atomic E-state index is 0.116. The summed E-state index contributed by atoms with van der Waals surface area (Å²) in [6, 6.07) is 0.512. The predicted molar refractivity (Wildman–Crippen MR) is 49.8 cm³/mol. The van der Waals surface area contributed by atoms with Crippen molar-refractivity contribution in [3.05, 3.63) is 12.7 Å². The van der Waals surface area contributed by atoms with Crippen molar-refractivity contribution in [2.45, 2.75) is 32.7 Å². The lowest BCUT2D eigenvalue weighted by molar-refractivity contribution is -0.134. The molecule has 1 aliphatic carbocycles. The van der Waals surface area contributed by atoms with Crippen LogP contribution in [0.5, 0.6) is 0 Å². The van der Waals surface area contributed by atoms with Crippen LogP contribution in [-0.4, -0.2) is 23.4 Å². The molecule has 0 unspecified atom stereocenters. The number of carbonyl (C=O) groups is 1. The summed E-state index contributed by atoms with van der Waals surface area (Å²) < 4.78 is 0. The highest BCUT2D eigenvalue weighted by Crippen LogP contribution is 2.27. The maximum atomic E-state index is 11.6. The summed E-state index contributed by atoms with van der Waals surface area (Å²) in [5, 5.41) is 0. The van der Waals surface area contributed by atoms with Gasteiger partial charge in [0.15, 0.2) is 0 Å². The van der Waals surface area contributed by atoms with Gasteiger partial charge in [-0.15, -0.1) is 6.58 Å². The zero-order valence-electron chi connectivity index (χ0n) is 7.92. The van der Waals surface area contributed by atoms with Gasteiger partial charge >= 0.3 is 0 Å². The van der Waals surface area contributed by atoms with Gasteiger partial charge in [0.25, 0.3) is 0 Å². The molecule has 2 heteroatoms. The van der Waals surface area contributed by atoms with E-state index >= 15 is 0 Å². The van der Waals surface area contributed by atoms with Crippen LogP contribution in [0, 0.1) is 5.92 Å². The third kappa shape index (κ3) is 2.10. The van der Waals surface area contributed by atoms with Crippen molar-refractivity contribution in [2.24, 2.45) is 5.92 Å². The van der Waals surface area contributed by atoms with Crippen LogP contribution in [0.25, 0.3) is 0 Å². The molecule has 0 N–H and O–H groups in total. The van der Waals surface area contributed by atoms with E-state index in [9.17, 15) is 4.79 Å². The van der Waals surface area contributed by atoms with Crippen LogP contribution >= 0.6 is 0 Å². The third-order valence-corrected chi connectivity index (χ3v) is 2.09. The van der Waals surface area contributed by atoms with E-state index in [0.717, 1.165) is 0 Å². The third-order valence-electron chi connectivity index (χ3n) is 2.09. The van der Waals surface area contributed by atoms with Crippen molar-refractivity contribution in [2.75, 3.05) is 6.54 Å². The first-order valence-corrected chi connectivity index (χ1v) is 4.58. The van der Waals surface area contributed by atoms with E-state index in [2.05, 4.69) is 6.58 Å². The summed E-state index contributed by atoms with van der Waals surface area (Å²) in [5.41, 5.74) is 0. The molecule has 1 rings (SSSR count). The Morgan fingerprint density at radius 3 is 2.58 bits per heavy atom. The van der Waals surface area contributed by atoms with Gasteiger partial charge in [-0.2, -0.15) is 0 Å². The van der Waals surface area contributed by atoms with Gasteiger partial charge < -0.3 is 4.90 Å². The molecule has 0 atom stereocenters. The average molecular weight is 167 g/mol. The van der Waals surface area contributed by atoms with Crippen molar-refractivity contribution >= 4 is 5.91 Å². The Morgan fingerprint density at radius 1 is 1.67 bits per heavy atom. The molecule has 0 aromatic rings. The lowest BCUT2D eigenvalue weighted by Crippen LogP contribution is -2.36. The van der Waals surface area contributed by atoms with Gasteiger partial charge in [-0.25, -0.2) is 0 Å². The van der Waals surface area contributed by atoms with Gasteiger partial charge in [0.2, 0.25) is 5.91 Å². The Bertz CT molecular complexity index is 182. The second-order valence-corrected chi connectivity index (χ2v) is 3.67. The second kappa shape index (κ2) is 3.74. The lowest BCUT2D eigenvalue weighted by Gasteiger charge is -2.22. The van der Waals surface area contributed by atoms with E-state index in [1.54, 1.807) is 6.08 Å². The summed E-state index contributed by atoms with van der Waals surface area (Å²) in [6.07, 6.45) is 4.15. The maximum absolute atomic E-state index is 11.6. The first-order valence-electron chi connectivity index (χ1n) is 4.58. The molecule has 1 fully saturated rings. The van der Waals surface area contributed by atoms with E-state index in [0.29, 0.717) is 12.6 Å². The van der Waals surface area contributed by atoms with Crippen LogP contribution in [0.1, 0.15) is 26.7 Å². The number of hydrogen-bond acceptors (Lipinski definition) is 1. The molecule has 0 saturated heterocycles. The Kier molecular flexibility index (Phi) is 2.90. The molecule has 0 aromatic carbocycles. The van der Waals surface area contributed by atoms with Crippen molar-refractivity contribution in [3.8, 4) is 0 Å². The van der Waals surface area contributed by atoms with Gasteiger partial charge in [0.05, 0.1) is 0 Å². The second-order valence-electron chi connectivity index (χ2n) is 3.67. The highest BCUT2D eigenvalue weighted by Gasteiger charge is 2.32. The van der Waals surface area contributed by atoms with Crippen LogP contribution in [0.4, 0.5) is 0 Å². The Balaban J connectivity index is 2.51. The van der Waals surface area contributed by atoms with Crippen molar-refractivity contribution in [3.63, 3.8) is 0 Å². The van der Waals surface area contributed by atoms with E-state index in [-0.39, 0.29) is 11.8 Å². The molecule has 1 amide bonds. The minimum absolute atomic E-state index is 0.116. The lowest BCUT2D eigenvalue weighted by atomic mass is 10.2. The molecule has 1 saturated carbocycles. The van der Waals surface area contributed by atoms with Crippen molar-refractivity contribution < 1.29 is 4.79 Å². The molecule has 0 bridgehead atoms. The van der Waals surface area contributed by atoms with Crippen molar-refractivity contribution in [1.29, 1.82) is 0 Å². The highest BCUT2D eigenvalue weighted by molar-refractivity contribution is 5.78. The van der Waals surface area contributed by atoms with Crippen LogP contribution in [0.3, 0.4) is 0 Å². The van der Waals surface area contributed by atoms with Gasteiger partial charge in [-0.3, -0.25) is 4.79 Å². The zero-order chi connectivity index (χ0) is 9.14. The predicted octanol–water partition coefficient (Wildman–Crippen LogP) is 1.82. The van der Waals surface area contributed by atoms with Gasteiger partial charge in [0.1, 0.15) is 0 Å². The first kappa shape index (κ1) is 9.30. The first-order chi connectivity index (χ1) is 5.66. The number of hydrogen-bond donors (Lipinski definition) is 0. The van der Waals surface area contributed by atoms with Crippen LogP contribution < -0.4 is 0 Å². The molecule has 68 valence electrons. The average Bonchev–Trinajstić information content (AvgIpc) is 2.81. The quantitative estimate of drug-likeness (QED) is 0.585. The standard InChI is InChI=1S/C10H17NO/c1-4-7-11(9-5-6-9)10(12)8(2)3/h4,8-9H,1,5-7H2,2-3H3. The molecule has 0 radical (unpaired) electrons. The van der Waals surface area contributed by atoms with E-state index in [1.807, 2.05) is 18.7 Å². The van der Waals surface area contributed by atoms with Crippen LogP contribution in [0.2, 0.25) is 0 Å². The van der Waals surface area contributed by atoms with E-state index < -0.39 is 0 Å². The van der Waals surface area contributed by atoms with Gasteiger partial charge in [-0.05, 0) is 12.8 Å². The van der Waals surface area contributed by atoms with Crippen LogP contribution in [-0.2, 0) is 4.79 Å². The summed E-state index contributed by atoms with van der Waals surface area (Å²) in [6.45, 7) is 8.26. The summed E-state index contributed by atoms with van der Waals surface area (Å²) in [7, 11) is 0. The number of nitrogens with zero attached hydrogens (tertiary/aromatic N) is 1. The smallest absolute Gasteiger partial charge is 0.225 e. The molecule has 0 spiro atoms. The molecule has 12 heavy (non-hydrogen) atoms. The molecular weight excluding hydrogens is 150 g/mol. The Labute approximate surface area is 74.2 Å². The molecule has 1 aliphatic rings. The Hall–Kier alpha value is -0.790. The maximum Gasteiger partial charge on any atom is 0.225 e. The van der Waals surface area contributed by atoms with Crippen molar-refractivity contribution in [1.82, 2.24) is 4.90 Å². The summed E-state index contributed by atoms with van der Waals surface area (Å²) >= 11 is 0. The molecule has 2 nitrogen and oxygen atoms in total. The molecule has 0 aromatic heterocycles. The number of carbonyl (C=O) groups excluding carboxylic acids is 1. The Morgan fingerprint density at radius 2 is 2.25 bits per heavy atom. The summed E-state index contributed by atoms with van der Waals surface area (Å²) in [4.78, 5) is 13.5. The van der Waals surface area contributed by atoms with Gasteiger partial charge in [-0.1, -0.05) is 19.9 Å². The monoisotopic (exact) mass is 167 g/mol. The fourth-order valence-corrected chi connectivity index (χ4v) is 1.28. The number of amides is 1. The normalized spacial score (nSPS) is 16.2. The highest BCUT2D eigenvalue weighted by atomic mass is 16.2. The topological polar surface area (TPSA) is 20.3 Å². The molecular formula is C10H17NO. The van der Waals surface area contributed by atoms with E-state index in [4.69, 9.17) is 0 Å². The van der Waals surface area contributed by atoms with E-state index in [1.165, 1.54) is 12.8 Å². The van der Waals surface area contributed by atoms with Gasteiger partial charge in [0, 0.05) is 18.5 Å². The SMILES string of the molecule is C=CCN(C(=O)C(C)C)C1CC1. The summed E-state index contributed by atoms with van der Waals surface area (Å²) in [5.74, 6) is 0.378. The number of rotatable bonds is 4. The molecule has 0 heterocycles. The molecule has 0 aliphatic heterocycles. The largest absolute Gasteiger partial charge is 0.336 e. The fourth-order valence-electron chi connectivity index (χ4n) is 1.28. The zero-order valence-corrected chi connectivity index (χ0v) is 7.92. The minimum Gasteiger partial charge on any atom is -0.336 e.